The van der Waals surface area contributed by atoms with Crippen LogP contribution in [0.4, 0.5) is 0 Å². The SMILES string of the molecule is COc1ccc(C[C@H]2COC(=O)/C2=C/c2cc(OC)c(OC)c(OC)c2)cc1OC. The van der Waals surface area contributed by atoms with Crippen LogP contribution in [0.3, 0.4) is 0 Å². The average Bonchev–Trinajstić information content (AvgIpc) is 3.11. The third-order valence-electron chi connectivity index (χ3n) is 5.03. The van der Waals surface area contributed by atoms with E-state index in [2.05, 4.69) is 0 Å². The molecule has 0 aliphatic carbocycles. The number of hydrogen-bond donors (Lipinski definition) is 0. The highest BCUT2D eigenvalue weighted by molar-refractivity contribution is 5.96. The van der Waals surface area contributed by atoms with Gasteiger partial charge in [-0.25, -0.2) is 4.79 Å². The van der Waals surface area contributed by atoms with Gasteiger partial charge in [0.1, 0.15) is 0 Å². The lowest BCUT2D eigenvalue weighted by atomic mass is 9.92. The summed E-state index contributed by atoms with van der Waals surface area (Å²) in [6, 6.07) is 9.33. The van der Waals surface area contributed by atoms with Gasteiger partial charge >= 0.3 is 5.97 Å². The van der Waals surface area contributed by atoms with Gasteiger partial charge in [0.2, 0.25) is 5.75 Å². The molecule has 1 atom stereocenters. The highest BCUT2D eigenvalue weighted by Crippen LogP contribution is 2.39. The normalized spacial score (nSPS) is 16.9. The fourth-order valence-corrected chi connectivity index (χ4v) is 3.52. The van der Waals surface area contributed by atoms with Crippen molar-refractivity contribution in [3.8, 4) is 28.7 Å². The van der Waals surface area contributed by atoms with Crippen LogP contribution in [0.25, 0.3) is 6.08 Å². The zero-order valence-electron chi connectivity index (χ0n) is 17.8. The van der Waals surface area contributed by atoms with Crippen molar-refractivity contribution in [1.29, 1.82) is 0 Å². The molecule has 0 bridgehead atoms. The number of benzene rings is 2. The maximum Gasteiger partial charge on any atom is 0.334 e. The molecule has 0 amide bonds. The fourth-order valence-electron chi connectivity index (χ4n) is 3.52. The van der Waals surface area contributed by atoms with Crippen molar-refractivity contribution in [2.75, 3.05) is 42.2 Å². The minimum Gasteiger partial charge on any atom is -0.493 e. The van der Waals surface area contributed by atoms with Gasteiger partial charge in [0.05, 0.1) is 42.2 Å². The molecule has 30 heavy (non-hydrogen) atoms. The smallest absolute Gasteiger partial charge is 0.334 e. The molecule has 2 aromatic rings. The van der Waals surface area contributed by atoms with Crippen LogP contribution in [-0.2, 0) is 16.0 Å². The molecule has 1 fully saturated rings. The molecule has 0 spiro atoms. The van der Waals surface area contributed by atoms with Gasteiger partial charge in [-0.1, -0.05) is 6.07 Å². The third kappa shape index (κ3) is 4.30. The van der Waals surface area contributed by atoms with Crippen molar-refractivity contribution in [2.24, 2.45) is 5.92 Å². The molecule has 1 aliphatic heterocycles. The predicted octanol–water partition coefficient (Wildman–Crippen LogP) is 3.53. The van der Waals surface area contributed by atoms with Gasteiger partial charge in [0, 0.05) is 11.5 Å². The van der Waals surface area contributed by atoms with Crippen LogP contribution in [0.5, 0.6) is 28.7 Å². The Hall–Kier alpha value is -3.35. The van der Waals surface area contributed by atoms with E-state index in [1.54, 1.807) is 47.7 Å². The number of ether oxygens (including phenoxy) is 6. The molecule has 3 rings (SSSR count). The minimum atomic E-state index is -0.325. The Bertz CT molecular complexity index is 924. The molecule has 1 aliphatic rings. The summed E-state index contributed by atoms with van der Waals surface area (Å²) in [6.45, 7) is 0.323. The van der Waals surface area contributed by atoms with Gasteiger partial charge in [-0.3, -0.25) is 0 Å². The van der Waals surface area contributed by atoms with Crippen LogP contribution in [0, 0.1) is 5.92 Å². The monoisotopic (exact) mass is 414 g/mol. The van der Waals surface area contributed by atoms with Gasteiger partial charge in [-0.05, 0) is 47.9 Å². The molecular weight excluding hydrogens is 388 g/mol. The number of carbonyl (C=O) groups excluding carboxylic acids is 1. The lowest BCUT2D eigenvalue weighted by molar-refractivity contribution is -0.135. The van der Waals surface area contributed by atoms with Crippen molar-refractivity contribution in [3.05, 3.63) is 47.0 Å². The van der Waals surface area contributed by atoms with E-state index >= 15 is 0 Å². The number of esters is 1. The highest BCUT2D eigenvalue weighted by Gasteiger charge is 2.31. The van der Waals surface area contributed by atoms with E-state index in [9.17, 15) is 4.79 Å². The summed E-state index contributed by atoms with van der Waals surface area (Å²) in [5, 5.41) is 0. The minimum absolute atomic E-state index is 0.0882. The molecule has 160 valence electrons. The number of hydrogen-bond acceptors (Lipinski definition) is 7. The maximum atomic E-state index is 12.4. The lowest BCUT2D eigenvalue weighted by Crippen LogP contribution is -2.08. The van der Waals surface area contributed by atoms with Crippen molar-refractivity contribution in [3.63, 3.8) is 0 Å². The first-order valence-electron chi connectivity index (χ1n) is 9.44. The van der Waals surface area contributed by atoms with E-state index in [0.29, 0.717) is 47.3 Å². The maximum absolute atomic E-state index is 12.4. The fraction of sp³-hybridized carbons (Fsp3) is 0.348. The van der Waals surface area contributed by atoms with E-state index in [4.69, 9.17) is 28.4 Å². The van der Waals surface area contributed by atoms with Gasteiger partial charge in [0.25, 0.3) is 0 Å². The van der Waals surface area contributed by atoms with Gasteiger partial charge in [-0.15, -0.1) is 0 Å². The molecule has 1 saturated heterocycles. The highest BCUT2D eigenvalue weighted by atomic mass is 16.5. The number of carbonyl (C=O) groups is 1. The summed E-state index contributed by atoms with van der Waals surface area (Å²) in [5.41, 5.74) is 2.38. The summed E-state index contributed by atoms with van der Waals surface area (Å²) in [6.07, 6.45) is 2.44. The van der Waals surface area contributed by atoms with Gasteiger partial charge in [0.15, 0.2) is 23.0 Å². The number of methoxy groups -OCH3 is 5. The molecule has 0 N–H and O–H groups in total. The largest absolute Gasteiger partial charge is 0.493 e. The molecule has 2 aromatic carbocycles. The van der Waals surface area contributed by atoms with Crippen molar-refractivity contribution < 1.29 is 33.2 Å². The summed E-state index contributed by atoms with van der Waals surface area (Å²) in [4.78, 5) is 12.4. The molecule has 0 radical (unpaired) electrons. The quantitative estimate of drug-likeness (QED) is 0.483. The van der Waals surface area contributed by atoms with E-state index in [1.165, 1.54) is 0 Å². The van der Waals surface area contributed by atoms with Crippen LogP contribution in [0.1, 0.15) is 11.1 Å². The Morgan fingerprint density at radius 3 is 2.07 bits per heavy atom. The predicted molar refractivity (Wildman–Crippen MR) is 112 cm³/mol. The molecule has 0 unspecified atom stereocenters. The first kappa shape index (κ1) is 21.4. The topological polar surface area (TPSA) is 72.5 Å². The van der Waals surface area contributed by atoms with Crippen molar-refractivity contribution >= 4 is 12.0 Å². The summed E-state index contributed by atoms with van der Waals surface area (Å²) in [5.74, 6) is 2.43. The third-order valence-corrected chi connectivity index (χ3v) is 5.03. The lowest BCUT2D eigenvalue weighted by Gasteiger charge is -2.14. The Labute approximate surface area is 176 Å². The van der Waals surface area contributed by atoms with E-state index in [1.807, 2.05) is 24.3 Å². The van der Waals surface area contributed by atoms with Gasteiger partial charge in [-0.2, -0.15) is 0 Å². The van der Waals surface area contributed by atoms with E-state index in [0.717, 1.165) is 11.1 Å². The Morgan fingerprint density at radius 1 is 0.867 bits per heavy atom. The second-order valence-corrected chi connectivity index (χ2v) is 6.75. The summed E-state index contributed by atoms with van der Waals surface area (Å²) < 4.78 is 32.2. The Kier molecular flexibility index (Phi) is 6.72. The first-order valence-corrected chi connectivity index (χ1v) is 9.44. The van der Waals surface area contributed by atoms with Crippen LogP contribution in [0.2, 0.25) is 0 Å². The Morgan fingerprint density at radius 2 is 1.50 bits per heavy atom. The Balaban J connectivity index is 1.93. The van der Waals surface area contributed by atoms with E-state index < -0.39 is 0 Å². The van der Waals surface area contributed by atoms with Crippen LogP contribution >= 0.6 is 0 Å². The summed E-state index contributed by atoms with van der Waals surface area (Å²) in [7, 11) is 7.85. The molecular formula is C23H26O7. The molecule has 0 aromatic heterocycles. The summed E-state index contributed by atoms with van der Waals surface area (Å²) >= 11 is 0. The first-order chi connectivity index (χ1) is 14.5. The molecule has 1 heterocycles. The second kappa shape index (κ2) is 9.43. The molecule has 7 heteroatoms. The molecule has 0 saturated carbocycles. The van der Waals surface area contributed by atoms with Crippen LogP contribution in [0.15, 0.2) is 35.9 Å². The van der Waals surface area contributed by atoms with Crippen LogP contribution in [-0.4, -0.2) is 48.1 Å². The zero-order chi connectivity index (χ0) is 21.7. The standard InChI is InChI=1S/C23H26O7/c1-25-18-7-6-14(10-19(18)26-2)8-16-13-30-23(24)17(16)9-15-11-20(27-3)22(29-5)21(12-15)28-4/h6-7,9-12,16H,8,13H2,1-5H3/b17-9+/t16-/m0/s1. The number of rotatable bonds is 8. The van der Waals surface area contributed by atoms with E-state index in [-0.39, 0.29) is 11.9 Å². The van der Waals surface area contributed by atoms with Gasteiger partial charge < -0.3 is 28.4 Å². The molecule has 7 nitrogen and oxygen atoms in total. The van der Waals surface area contributed by atoms with Crippen molar-refractivity contribution in [2.45, 2.75) is 6.42 Å². The van der Waals surface area contributed by atoms with Crippen molar-refractivity contribution in [1.82, 2.24) is 0 Å². The second-order valence-electron chi connectivity index (χ2n) is 6.75. The number of cyclic esters (lactones) is 1. The van der Waals surface area contributed by atoms with Crippen LogP contribution < -0.4 is 23.7 Å². The average molecular weight is 414 g/mol. The zero-order valence-corrected chi connectivity index (χ0v) is 17.8.